The molecule has 8 heteroatoms. The molecule has 2 aliphatic rings. The molecule has 3 unspecified atom stereocenters. The Morgan fingerprint density at radius 1 is 1.23 bits per heavy atom. The van der Waals surface area contributed by atoms with Gasteiger partial charge >= 0.3 is 0 Å². The number of ketones is 1. The number of benzene rings is 2. The molecule has 1 aliphatic heterocycles. The first kappa shape index (κ1) is 21.8. The van der Waals surface area contributed by atoms with Crippen molar-refractivity contribution in [3.05, 3.63) is 53.3 Å². The Bertz CT molecular complexity index is 1120. The lowest BCUT2D eigenvalue weighted by Gasteiger charge is -2.18. The molecule has 2 aromatic rings. The summed E-state index contributed by atoms with van der Waals surface area (Å²) in [6.45, 7) is 3.51. The van der Waals surface area contributed by atoms with Crippen molar-refractivity contribution in [2.24, 2.45) is 11.8 Å². The van der Waals surface area contributed by atoms with E-state index in [-0.39, 0.29) is 16.9 Å². The number of halogens is 1. The number of anilines is 1. The molecular weight excluding hydrogens is 419 g/mol. The van der Waals surface area contributed by atoms with E-state index in [4.69, 9.17) is 4.74 Å². The van der Waals surface area contributed by atoms with Gasteiger partial charge in [-0.25, -0.2) is 12.8 Å². The van der Waals surface area contributed by atoms with E-state index >= 15 is 0 Å². The summed E-state index contributed by atoms with van der Waals surface area (Å²) in [4.78, 5) is 14.4. The zero-order valence-electron chi connectivity index (χ0n) is 17.9. The number of rotatable bonds is 8. The molecular formula is C23H27FN2O4S. The Labute approximate surface area is 182 Å². The first-order valence-corrected chi connectivity index (χ1v) is 11.9. The highest BCUT2D eigenvalue weighted by molar-refractivity contribution is 7.92. The Hall–Kier alpha value is -2.45. The zero-order chi connectivity index (χ0) is 22.3. The summed E-state index contributed by atoms with van der Waals surface area (Å²) in [6.07, 6.45) is 0.690. The number of Topliss-reactive ketones (excluding diaryl/α,β-unsaturated/α-hetero) is 1. The van der Waals surface area contributed by atoms with Crippen LogP contribution in [0.4, 0.5) is 10.1 Å². The summed E-state index contributed by atoms with van der Waals surface area (Å²) in [5.41, 5.74) is 1.32. The van der Waals surface area contributed by atoms with Crippen LogP contribution in [0.3, 0.4) is 0 Å². The number of nitrogens with one attached hydrogen (secondary N) is 1. The maximum Gasteiger partial charge on any atom is 0.262 e. The second kappa shape index (κ2) is 8.24. The van der Waals surface area contributed by atoms with Crippen LogP contribution in [0.15, 0.2) is 41.3 Å². The second-order valence-corrected chi connectivity index (χ2v) is 10.3. The number of hydrogen-bond acceptors (Lipinski definition) is 5. The van der Waals surface area contributed by atoms with E-state index in [0.29, 0.717) is 48.8 Å². The van der Waals surface area contributed by atoms with E-state index in [2.05, 4.69) is 11.6 Å². The van der Waals surface area contributed by atoms with Crippen LogP contribution < -0.4 is 9.46 Å². The minimum Gasteiger partial charge on any atom is -0.493 e. The fourth-order valence-electron chi connectivity index (χ4n) is 4.35. The van der Waals surface area contributed by atoms with Crippen molar-refractivity contribution in [2.45, 2.75) is 30.6 Å². The standard InChI is InChI=1S/C23H27FN2O4S/c1-14-19-13-30-21-12-16(7-8-17(21)23(14)19)25-31(28,29)22-9-6-15(24)11-18(22)20(27)5-4-10-26(2)3/h6-9,11-12,14,19,23,25H,4-5,10,13H2,1-3H3. The lowest BCUT2D eigenvalue weighted by molar-refractivity contribution is 0.0973. The third-order valence-electron chi connectivity index (χ3n) is 6.16. The van der Waals surface area contributed by atoms with Gasteiger partial charge in [0.25, 0.3) is 10.0 Å². The summed E-state index contributed by atoms with van der Waals surface area (Å²) in [7, 11) is -0.316. The van der Waals surface area contributed by atoms with E-state index in [0.717, 1.165) is 23.8 Å². The Morgan fingerprint density at radius 2 is 2.00 bits per heavy atom. The number of fused-ring (bicyclic) bond motifs is 3. The molecule has 1 saturated carbocycles. The summed E-state index contributed by atoms with van der Waals surface area (Å²) in [5.74, 6) is 1.22. The van der Waals surface area contributed by atoms with Gasteiger partial charge < -0.3 is 9.64 Å². The van der Waals surface area contributed by atoms with Crippen LogP contribution in [0.5, 0.6) is 5.75 Å². The van der Waals surface area contributed by atoms with Gasteiger partial charge in [0.15, 0.2) is 5.78 Å². The molecule has 3 atom stereocenters. The fraction of sp³-hybridized carbons (Fsp3) is 0.435. The van der Waals surface area contributed by atoms with Crippen molar-refractivity contribution in [2.75, 3.05) is 32.0 Å². The smallest absolute Gasteiger partial charge is 0.262 e. The van der Waals surface area contributed by atoms with Gasteiger partial charge in [-0.15, -0.1) is 0 Å². The molecule has 0 saturated heterocycles. The topological polar surface area (TPSA) is 75.7 Å². The molecule has 31 heavy (non-hydrogen) atoms. The Kier molecular flexibility index (Phi) is 5.79. The molecule has 1 heterocycles. The summed E-state index contributed by atoms with van der Waals surface area (Å²) in [6, 6.07) is 8.46. The van der Waals surface area contributed by atoms with E-state index in [1.165, 1.54) is 0 Å². The lowest BCUT2D eigenvalue weighted by atomic mass is 10.1. The van der Waals surface area contributed by atoms with Gasteiger partial charge in [-0.3, -0.25) is 9.52 Å². The normalized spacial score (nSPS) is 21.8. The van der Waals surface area contributed by atoms with Crippen LogP contribution in [-0.2, 0) is 10.0 Å². The van der Waals surface area contributed by atoms with Crippen LogP contribution in [0.25, 0.3) is 0 Å². The van der Waals surface area contributed by atoms with Crippen molar-refractivity contribution >= 4 is 21.5 Å². The minimum atomic E-state index is -4.09. The monoisotopic (exact) mass is 446 g/mol. The molecule has 6 nitrogen and oxygen atoms in total. The molecule has 0 radical (unpaired) electrons. The van der Waals surface area contributed by atoms with Gasteiger partial charge in [0.1, 0.15) is 11.6 Å². The molecule has 4 rings (SSSR count). The highest BCUT2D eigenvalue weighted by atomic mass is 32.2. The number of hydrogen-bond donors (Lipinski definition) is 1. The molecule has 0 spiro atoms. The van der Waals surface area contributed by atoms with Gasteiger partial charge in [-0.1, -0.05) is 13.0 Å². The van der Waals surface area contributed by atoms with E-state index in [9.17, 15) is 17.6 Å². The molecule has 0 aromatic heterocycles. The Morgan fingerprint density at radius 3 is 2.74 bits per heavy atom. The maximum absolute atomic E-state index is 13.8. The molecule has 0 bridgehead atoms. The van der Waals surface area contributed by atoms with E-state index < -0.39 is 21.6 Å². The SMILES string of the molecule is CC1C2COc3cc(NS(=O)(=O)c4ccc(F)cc4C(=O)CCCN(C)C)ccc3C12. The number of carbonyl (C=O) groups is 1. The lowest BCUT2D eigenvalue weighted by Crippen LogP contribution is -2.19. The number of carbonyl (C=O) groups excluding carboxylic acids is 1. The summed E-state index contributed by atoms with van der Waals surface area (Å²) >= 11 is 0. The number of sulfonamides is 1. The summed E-state index contributed by atoms with van der Waals surface area (Å²) in [5, 5.41) is 0. The maximum atomic E-state index is 13.8. The second-order valence-electron chi connectivity index (χ2n) is 8.69. The van der Waals surface area contributed by atoms with Crippen molar-refractivity contribution in [3.63, 3.8) is 0 Å². The van der Waals surface area contributed by atoms with Crippen molar-refractivity contribution in [1.82, 2.24) is 4.90 Å². The van der Waals surface area contributed by atoms with Gasteiger partial charge in [0.05, 0.1) is 17.2 Å². The summed E-state index contributed by atoms with van der Waals surface area (Å²) < 4.78 is 48.3. The molecule has 1 aliphatic carbocycles. The quantitative estimate of drug-likeness (QED) is 0.623. The van der Waals surface area contributed by atoms with Crippen molar-refractivity contribution < 1.29 is 22.3 Å². The van der Waals surface area contributed by atoms with Gasteiger partial charge in [0, 0.05) is 24.0 Å². The molecule has 1 fully saturated rings. The molecule has 2 aromatic carbocycles. The average molecular weight is 447 g/mol. The van der Waals surface area contributed by atoms with Gasteiger partial charge in [0.2, 0.25) is 0 Å². The highest BCUT2D eigenvalue weighted by Gasteiger charge is 2.51. The predicted octanol–water partition coefficient (Wildman–Crippen LogP) is 3.89. The molecule has 166 valence electrons. The third kappa shape index (κ3) is 4.45. The van der Waals surface area contributed by atoms with Crippen LogP contribution in [0.1, 0.15) is 41.6 Å². The van der Waals surface area contributed by atoms with Gasteiger partial charge in [-0.2, -0.15) is 0 Å². The number of ether oxygens (including phenoxy) is 1. The predicted molar refractivity (Wildman–Crippen MR) is 117 cm³/mol. The zero-order valence-corrected chi connectivity index (χ0v) is 18.7. The van der Waals surface area contributed by atoms with Crippen molar-refractivity contribution in [3.8, 4) is 5.75 Å². The largest absolute Gasteiger partial charge is 0.493 e. The first-order valence-electron chi connectivity index (χ1n) is 10.4. The molecule has 0 amide bonds. The molecule has 1 N–H and O–H groups in total. The fourth-order valence-corrected chi connectivity index (χ4v) is 5.61. The Balaban J connectivity index is 1.57. The first-order chi connectivity index (χ1) is 14.7. The van der Waals surface area contributed by atoms with Crippen LogP contribution in [-0.4, -0.2) is 46.3 Å². The van der Waals surface area contributed by atoms with E-state index in [1.54, 1.807) is 12.1 Å². The van der Waals surface area contributed by atoms with Crippen LogP contribution in [0.2, 0.25) is 0 Å². The van der Waals surface area contributed by atoms with Crippen LogP contribution >= 0.6 is 0 Å². The van der Waals surface area contributed by atoms with Crippen molar-refractivity contribution in [1.29, 1.82) is 0 Å². The minimum absolute atomic E-state index is 0.130. The highest BCUT2D eigenvalue weighted by Crippen LogP contribution is 2.58. The van der Waals surface area contributed by atoms with Crippen LogP contribution in [0, 0.1) is 17.7 Å². The number of nitrogens with zero attached hydrogens (tertiary/aromatic N) is 1. The third-order valence-corrected chi connectivity index (χ3v) is 7.60. The van der Waals surface area contributed by atoms with Gasteiger partial charge in [-0.05, 0) is 68.7 Å². The average Bonchev–Trinajstić information content (AvgIpc) is 3.37. The van der Waals surface area contributed by atoms with E-state index in [1.807, 2.05) is 25.1 Å².